The number of hydrogen-bond donors (Lipinski definition) is 3. The number of aromatic nitrogens is 1. The van der Waals surface area contributed by atoms with Crippen LogP contribution in [0.3, 0.4) is 0 Å². The highest BCUT2D eigenvalue weighted by atomic mass is 16.5. The van der Waals surface area contributed by atoms with E-state index in [-0.39, 0.29) is 11.6 Å². The van der Waals surface area contributed by atoms with Crippen LogP contribution in [-0.4, -0.2) is 24.7 Å². The molecule has 0 spiro atoms. The number of carbonyl (C=O) groups is 1. The van der Waals surface area contributed by atoms with E-state index >= 15 is 0 Å². The van der Waals surface area contributed by atoms with Gasteiger partial charge in [-0.15, -0.1) is 0 Å². The Morgan fingerprint density at radius 1 is 1.12 bits per heavy atom. The van der Waals surface area contributed by atoms with Crippen LogP contribution in [0.1, 0.15) is 5.56 Å². The molecule has 0 aliphatic rings. The van der Waals surface area contributed by atoms with E-state index in [1.54, 1.807) is 25.3 Å². The molecule has 0 radical (unpaired) electrons. The molecular formula is C19H19N3O3. The van der Waals surface area contributed by atoms with Crippen molar-refractivity contribution in [3.8, 4) is 5.75 Å². The summed E-state index contributed by atoms with van der Waals surface area (Å²) in [6.07, 6.45) is 0.435. The number of pyridine rings is 1. The third-order valence-electron chi connectivity index (χ3n) is 3.84. The lowest BCUT2D eigenvalue weighted by Gasteiger charge is -2.08. The number of para-hydroxylation sites is 1. The van der Waals surface area contributed by atoms with Crippen LogP contribution in [0.15, 0.2) is 59.4 Å². The lowest BCUT2D eigenvalue weighted by atomic mass is 10.1. The first-order valence-corrected chi connectivity index (χ1v) is 7.95. The molecule has 0 saturated heterocycles. The first-order valence-electron chi connectivity index (χ1n) is 7.95. The smallest absolute Gasteiger partial charge is 0.319 e. The summed E-state index contributed by atoms with van der Waals surface area (Å²) in [6.45, 7) is 0.358. The fraction of sp³-hybridized carbons (Fsp3) is 0.158. The molecule has 2 amide bonds. The zero-order valence-electron chi connectivity index (χ0n) is 13.8. The van der Waals surface area contributed by atoms with E-state index < -0.39 is 0 Å². The normalized spacial score (nSPS) is 10.4. The van der Waals surface area contributed by atoms with Crippen LogP contribution in [0.5, 0.6) is 5.75 Å². The van der Waals surface area contributed by atoms with E-state index in [4.69, 9.17) is 4.74 Å². The molecule has 0 atom stereocenters. The fourth-order valence-corrected chi connectivity index (χ4v) is 2.55. The highest BCUT2D eigenvalue weighted by Gasteiger charge is 2.06. The molecule has 0 unspecified atom stereocenters. The standard InChI is InChI=1S/C19H19N3O3/c1-25-16-7-8-17-14(12-16)11-13(18(23)22-17)9-10-20-19(24)21-15-5-3-2-4-6-15/h2-8,11-12H,9-10H2,1H3,(H,22,23)(H2,20,21,24). The van der Waals surface area contributed by atoms with Gasteiger partial charge >= 0.3 is 6.03 Å². The van der Waals surface area contributed by atoms with Crippen LogP contribution in [0.4, 0.5) is 10.5 Å². The SMILES string of the molecule is COc1ccc2[nH]c(=O)c(CCNC(=O)Nc3ccccc3)cc2c1. The number of H-pyrrole nitrogens is 1. The number of ether oxygens (including phenoxy) is 1. The lowest BCUT2D eigenvalue weighted by Crippen LogP contribution is -2.31. The van der Waals surface area contributed by atoms with E-state index in [1.165, 1.54) is 0 Å². The van der Waals surface area contributed by atoms with Gasteiger partial charge in [0.25, 0.3) is 5.56 Å². The van der Waals surface area contributed by atoms with Gasteiger partial charge in [0, 0.05) is 28.7 Å². The number of hydrogen-bond acceptors (Lipinski definition) is 3. The maximum Gasteiger partial charge on any atom is 0.319 e. The number of amides is 2. The van der Waals surface area contributed by atoms with Gasteiger partial charge in [-0.1, -0.05) is 18.2 Å². The Kier molecular flexibility index (Phi) is 4.99. The first kappa shape index (κ1) is 16.6. The van der Waals surface area contributed by atoms with Crippen molar-refractivity contribution in [3.63, 3.8) is 0 Å². The molecule has 6 nitrogen and oxygen atoms in total. The predicted octanol–water partition coefficient (Wildman–Crippen LogP) is 2.90. The number of fused-ring (bicyclic) bond motifs is 1. The lowest BCUT2D eigenvalue weighted by molar-refractivity contribution is 0.252. The first-order chi connectivity index (χ1) is 12.2. The zero-order valence-corrected chi connectivity index (χ0v) is 13.8. The predicted molar refractivity (Wildman–Crippen MR) is 98.3 cm³/mol. The third-order valence-corrected chi connectivity index (χ3v) is 3.84. The highest BCUT2D eigenvalue weighted by molar-refractivity contribution is 5.89. The maximum atomic E-state index is 12.1. The molecule has 0 aliphatic carbocycles. The molecule has 3 rings (SSSR count). The molecule has 3 N–H and O–H groups in total. The van der Waals surface area contributed by atoms with Crippen molar-refractivity contribution in [1.29, 1.82) is 0 Å². The molecule has 0 saturated carbocycles. The van der Waals surface area contributed by atoms with Gasteiger partial charge in [-0.25, -0.2) is 4.79 Å². The van der Waals surface area contributed by atoms with Crippen molar-refractivity contribution < 1.29 is 9.53 Å². The van der Waals surface area contributed by atoms with Gasteiger partial charge in [-0.3, -0.25) is 4.79 Å². The summed E-state index contributed by atoms with van der Waals surface area (Å²) in [4.78, 5) is 26.8. The Hall–Kier alpha value is -3.28. The highest BCUT2D eigenvalue weighted by Crippen LogP contribution is 2.18. The molecule has 128 valence electrons. The molecule has 0 fully saturated rings. The summed E-state index contributed by atoms with van der Waals surface area (Å²) in [5.74, 6) is 0.728. The number of anilines is 1. The Balaban J connectivity index is 1.63. The number of nitrogens with one attached hydrogen (secondary N) is 3. The van der Waals surface area contributed by atoms with Gasteiger partial charge < -0.3 is 20.4 Å². The third kappa shape index (κ3) is 4.17. The summed E-state index contributed by atoms with van der Waals surface area (Å²) in [5, 5.41) is 6.38. The average molecular weight is 337 g/mol. The summed E-state index contributed by atoms with van der Waals surface area (Å²) in [5.41, 5.74) is 1.93. The Morgan fingerprint density at radius 2 is 1.92 bits per heavy atom. The van der Waals surface area contributed by atoms with Gasteiger partial charge in [-0.2, -0.15) is 0 Å². The Morgan fingerprint density at radius 3 is 2.68 bits per heavy atom. The minimum absolute atomic E-state index is 0.150. The maximum absolute atomic E-state index is 12.1. The number of rotatable bonds is 5. The van der Waals surface area contributed by atoms with E-state index in [0.29, 0.717) is 18.5 Å². The molecular weight excluding hydrogens is 318 g/mol. The number of aromatic amines is 1. The van der Waals surface area contributed by atoms with E-state index in [0.717, 1.165) is 22.3 Å². The molecule has 2 aromatic carbocycles. The van der Waals surface area contributed by atoms with Crippen molar-refractivity contribution >= 4 is 22.6 Å². The average Bonchev–Trinajstić information content (AvgIpc) is 2.62. The number of methoxy groups -OCH3 is 1. The van der Waals surface area contributed by atoms with Crippen molar-refractivity contribution in [2.24, 2.45) is 0 Å². The number of urea groups is 1. The van der Waals surface area contributed by atoms with Gasteiger partial charge in [0.1, 0.15) is 5.75 Å². The minimum Gasteiger partial charge on any atom is -0.497 e. The van der Waals surface area contributed by atoms with Crippen molar-refractivity contribution in [2.45, 2.75) is 6.42 Å². The molecule has 1 aromatic heterocycles. The van der Waals surface area contributed by atoms with Crippen molar-refractivity contribution in [3.05, 3.63) is 70.5 Å². The number of benzene rings is 2. The van der Waals surface area contributed by atoms with Crippen LogP contribution >= 0.6 is 0 Å². The molecule has 0 aliphatic heterocycles. The van der Waals surface area contributed by atoms with Crippen LogP contribution in [-0.2, 0) is 6.42 Å². The number of carbonyl (C=O) groups excluding carboxylic acids is 1. The Labute approximate surface area is 144 Å². The molecule has 0 bridgehead atoms. The van der Waals surface area contributed by atoms with Gasteiger partial charge in [0.15, 0.2) is 0 Å². The zero-order chi connectivity index (χ0) is 17.6. The van der Waals surface area contributed by atoms with E-state index in [9.17, 15) is 9.59 Å². The molecule has 1 heterocycles. The summed E-state index contributed by atoms with van der Waals surface area (Å²) < 4.78 is 5.20. The quantitative estimate of drug-likeness (QED) is 0.669. The molecule has 3 aromatic rings. The van der Waals surface area contributed by atoms with Crippen LogP contribution in [0.25, 0.3) is 10.9 Å². The monoisotopic (exact) mass is 337 g/mol. The second kappa shape index (κ2) is 7.53. The van der Waals surface area contributed by atoms with E-state index in [1.807, 2.05) is 36.4 Å². The van der Waals surface area contributed by atoms with Crippen LogP contribution in [0.2, 0.25) is 0 Å². The van der Waals surface area contributed by atoms with Crippen molar-refractivity contribution in [1.82, 2.24) is 10.3 Å². The van der Waals surface area contributed by atoms with E-state index in [2.05, 4.69) is 15.6 Å². The second-order valence-corrected chi connectivity index (χ2v) is 5.57. The Bertz CT molecular complexity index is 936. The summed E-state index contributed by atoms with van der Waals surface area (Å²) in [6, 6.07) is 16.2. The fourth-order valence-electron chi connectivity index (χ4n) is 2.55. The minimum atomic E-state index is -0.301. The largest absolute Gasteiger partial charge is 0.497 e. The summed E-state index contributed by atoms with van der Waals surface area (Å²) in [7, 11) is 1.60. The second-order valence-electron chi connectivity index (χ2n) is 5.57. The van der Waals surface area contributed by atoms with Gasteiger partial charge in [-0.05, 0) is 42.8 Å². The topological polar surface area (TPSA) is 83.2 Å². The van der Waals surface area contributed by atoms with Crippen LogP contribution < -0.4 is 20.9 Å². The molecule has 25 heavy (non-hydrogen) atoms. The summed E-state index contributed by atoms with van der Waals surface area (Å²) >= 11 is 0. The molecule has 6 heteroatoms. The van der Waals surface area contributed by atoms with Crippen molar-refractivity contribution in [2.75, 3.05) is 19.0 Å². The van der Waals surface area contributed by atoms with Crippen LogP contribution in [0, 0.1) is 0 Å². The van der Waals surface area contributed by atoms with Gasteiger partial charge in [0.2, 0.25) is 0 Å². The van der Waals surface area contributed by atoms with Gasteiger partial charge in [0.05, 0.1) is 7.11 Å².